The second-order valence-corrected chi connectivity index (χ2v) is 2.26. The predicted octanol–water partition coefficient (Wildman–Crippen LogP) is 0.270. The van der Waals surface area contributed by atoms with Crippen LogP contribution in [0.1, 0.15) is 10.4 Å². The summed E-state index contributed by atoms with van der Waals surface area (Å²) < 4.78 is 0. The standard InChI is InChI=1S/C7H7N3O3/c8-7(13)10-5-1-4(6(11)12)2-9-3-5/h1-3H,(H,11,12)(H3,8,10,13). The number of aromatic carboxylic acids is 1. The second kappa shape index (κ2) is 3.53. The first kappa shape index (κ1) is 8.98. The van der Waals surface area contributed by atoms with Gasteiger partial charge in [0.15, 0.2) is 0 Å². The SMILES string of the molecule is NC(=O)Nc1cncc(C(=O)O)c1. The minimum atomic E-state index is -1.11. The highest BCUT2D eigenvalue weighted by Gasteiger charge is 2.04. The Morgan fingerprint density at radius 3 is 2.69 bits per heavy atom. The predicted molar refractivity (Wildman–Crippen MR) is 44.4 cm³/mol. The Bertz CT molecular complexity index is 351. The number of primary amides is 1. The topological polar surface area (TPSA) is 105 Å². The minimum absolute atomic E-state index is 0.00810. The quantitative estimate of drug-likeness (QED) is 0.608. The van der Waals surface area contributed by atoms with Gasteiger partial charge in [-0.1, -0.05) is 0 Å². The molecule has 1 rings (SSSR count). The molecule has 6 heteroatoms. The van der Waals surface area contributed by atoms with E-state index in [1.807, 2.05) is 0 Å². The number of nitrogens with one attached hydrogen (secondary N) is 1. The van der Waals surface area contributed by atoms with E-state index in [1.165, 1.54) is 18.5 Å². The minimum Gasteiger partial charge on any atom is -0.478 e. The van der Waals surface area contributed by atoms with E-state index in [9.17, 15) is 9.59 Å². The smallest absolute Gasteiger partial charge is 0.337 e. The van der Waals surface area contributed by atoms with Gasteiger partial charge in [-0.2, -0.15) is 0 Å². The van der Waals surface area contributed by atoms with E-state index in [1.54, 1.807) is 0 Å². The summed E-state index contributed by atoms with van der Waals surface area (Å²) in [4.78, 5) is 24.4. The van der Waals surface area contributed by atoms with Gasteiger partial charge in [0, 0.05) is 6.20 Å². The van der Waals surface area contributed by atoms with Gasteiger partial charge >= 0.3 is 12.0 Å². The summed E-state index contributed by atoms with van der Waals surface area (Å²) in [7, 11) is 0. The molecule has 0 spiro atoms. The maximum absolute atomic E-state index is 10.5. The third-order valence-corrected chi connectivity index (χ3v) is 1.25. The van der Waals surface area contributed by atoms with E-state index in [4.69, 9.17) is 10.8 Å². The molecule has 0 atom stereocenters. The number of anilines is 1. The van der Waals surface area contributed by atoms with Crippen LogP contribution in [0.3, 0.4) is 0 Å². The largest absolute Gasteiger partial charge is 0.478 e. The fourth-order valence-corrected chi connectivity index (χ4v) is 0.768. The highest BCUT2D eigenvalue weighted by Crippen LogP contribution is 2.07. The van der Waals surface area contributed by atoms with Crippen molar-refractivity contribution in [1.82, 2.24) is 4.98 Å². The summed E-state index contributed by atoms with van der Waals surface area (Å²) in [6.45, 7) is 0. The first-order chi connectivity index (χ1) is 6.09. The molecular weight excluding hydrogens is 174 g/mol. The molecule has 0 aliphatic carbocycles. The Kier molecular flexibility index (Phi) is 2.44. The Morgan fingerprint density at radius 2 is 2.15 bits per heavy atom. The first-order valence-electron chi connectivity index (χ1n) is 3.34. The van der Waals surface area contributed by atoms with Crippen molar-refractivity contribution in [3.63, 3.8) is 0 Å². The number of carbonyl (C=O) groups is 2. The van der Waals surface area contributed by atoms with Crippen LogP contribution in [0.15, 0.2) is 18.5 Å². The normalized spacial score (nSPS) is 9.23. The molecule has 0 fully saturated rings. The molecule has 0 saturated carbocycles. The lowest BCUT2D eigenvalue weighted by atomic mass is 10.3. The lowest BCUT2D eigenvalue weighted by Crippen LogP contribution is -2.19. The Labute approximate surface area is 73.4 Å². The zero-order valence-corrected chi connectivity index (χ0v) is 6.52. The number of carbonyl (C=O) groups excluding carboxylic acids is 1. The van der Waals surface area contributed by atoms with Gasteiger partial charge in [0.2, 0.25) is 0 Å². The van der Waals surface area contributed by atoms with Gasteiger partial charge in [-0.05, 0) is 6.07 Å². The van der Waals surface area contributed by atoms with Gasteiger partial charge in [-0.15, -0.1) is 0 Å². The van der Waals surface area contributed by atoms with Crippen LogP contribution in [-0.4, -0.2) is 22.1 Å². The van der Waals surface area contributed by atoms with Gasteiger partial charge in [-0.3, -0.25) is 4.98 Å². The number of nitrogens with two attached hydrogens (primary N) is 1. The summed E-state index contributed by atoms with van der Waals surface area (Å²) in [6, 6.07) is 0.504. The molecule has 13 heavy (non-hydrogen) atoms. The van der Waals surface area contributed by atoms with E-state index >= 15 is 0 Å². The monoisotopic (exact) mass is 181 g/mol. The average Bonchev–Trinajstić information content (AvgIpc) is 2.03. The van der Waals surface area contributed by atoms with E-state index in [0.717, 1.165) is 0 Å². The van der Waals surface area contributed by atoms with Crippen molar-refractivity contribution < 1.29 is 14.7 Å². The van der Waals surface area contributed by atoms with Crippen molar-refractivity contribution in [2.75, 3.05) is 5.32 Å². The maximum Gasteiger partial charge on any atom is 0.337 e. The number of urea groups is 1. The van der Waals surface area contributed by atoms with Crippen molar-refractivity contribution in [2.45, 2.75) is 0 Å². The molecule has 0 aromatic carbocycles. The van der Waals surface area contributed by atoms with Crippen LogP contribution in [-0.2, 0) is 0 Å². The van der Waals surface area contributed by atoms with E-state index < -0.39 is 12.0 Å². The zero-order chi connectivity index (χ0) is 9.84. The third-order valence-electron chi connectivity index (χ3n) is 1.25. The first-order valence-corrected chi connectivity index (χ1v) is 3.34. The van der Waals surface area contributed by atoms with Gasteiger partial charge in [0.05, 0.1) is 17.4 Å². The molecular formula is C7H7N3O3. The molecule has 0 unspecified atom stereocenters. The Hall–Kier alpha value is -2.11. The Balaban J connectivity index is 2.91. The van der Waals surface area contributed by atoms with Crippen LogP contribution < -0.4 is 11.1 Å². The lowest BCUT2D eigenvalue weighted by molar-refractivity contribution is 0.0696. The Morgan fingerprint density at radius 1 is 1.46 bits per heavy atom. The van der Waals surface area contributed by atoms with Crippen LogP contribution in [0, 0.1) is 0 Å². The molecule has 0 saturated heterocycles. The molecule has 0 radical (unpaired) electrons. The van der Waals surface area contributed by atoms with Crippen LogP contribution in [0.25, 0.3) is 0 Å². The number of hydrogen-bond acceptors (Lipinski definition) is 3. The summed E-state index contributed by atoms with van der Waals surface area (Å²) in [5.74, 6) is -1.11. The zero-order valence-electron chi connectivity index (χ0n) is 6.52. The molecule has 2 amide bonds. The number of aromatic nitrogens is 1. The number of rotatable bonds is 2. The molecule has 0 aliphatic rings. The van der Waals surface area contributed by atoms with Gasteiger partial charge in [-0.25, -0.2) is 9.59 Å². The summed E-state index contributed by atoms with van der Waals surface area (Å²) in [5, 5.41) is 10.8. The van der Waals surface area contributed by atoms with E-state index in [2.05, 4.69) is 10.3 Å². The van der Waals surface area contributed by atoms with Gasteiger partial charge in [0.25, 0.3) is 0 Å². The van der Waals surface area contributed by atoms with Crippen LogP contribution >= 0.6 is 0 Å². The van der Waals surface area contributed by atoms with Crippen LogP contribution in [0.5, 0.6) is 0 Å². The number of amides is 2. The second-order valence-electron chi connectivity index (χ2n) is 2.26. The van der Waals surface area contributed by atoms with Crippen molar-refractivity contribution >= 4 is 17.7 Å². The molecule has 0 aliphatic heterocycles. The highest BCUT2D eigenvalue weighted by atomic mass is 16.4. The van der Waals surface area contributed by atoms with E-state index in [-0.39, 0.29) is 11.3 Å². The molecule has 1 heterocycles. The highest BCUT2D eigenvalue weighted by molar-refractivity contribution is 5.91. The van der Waals surface area contributed by atoms with Crippen LogP contribution in [0.2, 0.25) is 0 Å². The number of pyridine rings is 1. The molecule has 6 nitrogen and oxygen atoms in total. The summed E-state index contributed by atoms with van der Waals surface area (Å²) in [6.07, 6.45) is 2.48. The molecule has 68 valence electrons. The number of nitrogens with zero attached hydrogens (tertiary/aromatic N) is 1. The molecule has 1 aromatic heterocycles. The molecule has 1 aromatic rings. The van der Waals surface area contributed by atoms with Crippen molar-refractivity contribution in [2.24, 2.45) is 5.73 Å². The number of carboxylic acids is 1. The molecule has 0 bridgehead atoms. The van der Waals surface area contributed by atoms with Crippen LogP contribution in [0.4, 0.5) is 10.5 Å². The van der Waals surface area contributed by atoms with Gasteiger partial charge in [0.1, 0.15) is 0 Å². The maximum atomic E-state index is 10.5. The fourth-order valence-electron chi connectivity index (χ4n) is 0.768. The van der Waals surface area contributed by atoms with E-state index in [0.29, 0.717) is 0 Å². The van der Waals surface area contributed by atoms with Crippen molar-refractivity contribution in [3.05, 3.63) is 24.0 Å². The fraction of sp³-hybridized carbons (Fsp3) is 0. The summed E-state index contributed by atoms with van der Waals surface area (Å²) >= 11 is 0. The number of carboxylic acid groups (broad SMARTS) is 1. The molecule has 4 N–H and O–H groups in total. The number of hydrogen-bond donors (Lipinski definition) is 3. The average molecular weight is 181 g/mol. The lowest BCUT2D eigenvalue weighted by Gasteiger charge is -2.00. The van der Waals surface area contributed by atoms with Crippen molar-refractivity contribution in [1.29, 1.82) is 0 Å². The van der Waals surface area contributed by atoms with Gasteiger partial charge < -0.3 is 16.2 Å². The summed E-state index contributed by atoms with van der Waals surface area (Å²) in [5.41, 5.74) is 5.07. The van der Waals surface area contributed by atoms with Crippen molar-refractivity contribution in [3.8, 4) is 0 Å². The third kappa shape index (κ3) is 2.44.